The Morgan fingerprint density at radius 3 is 2.50 bits per heavy atom. The fraction of sp³-hybridized carbons (Fsp3) is 0.227. The van der Waals surface area contributed by atoms with Gasteiger partial charge in [-0.1, -0.05) is 36.4 Å². The minimum absolute atomic E-state index is 0.118. The molecule has 2 aromatic carbocycles. The Labute approximate surface area is 166 Å². The number of nitrogens with zero attached hydrogens (tertiary/aromatic N) is 2. The van der Waals surface area contributed by atoms with E-state index in [0.717, 1.165) is 18.4 Å². The number of amides is 1. The number of aryl methyl sites for hydroxylation is 1. The van der Waals surface area contributed by atoms with Gasteiger partial charge in [-0.15, -0.1) is 13.2 Å². The molecule has 0 spiro atoms. The predicted octanol–water partition coefficient (Wildman–Crippen LogP) is 3.64. The maximum atomic E-state index is 13.3. The fourth-order valence-corrected chi connectivity index (χ4v) is 4.99. The van der Waals surface area contributed by atoms with Gasteiger partial charge in [0.25, 0.3) is 15.9 Å². The zero-order valence-electron chi connectivity index (χ0n) is 15.8. The molecule has 1 amide bonds. The van der Waals surface area contributed by atoms with Crippen LogP contribution in [-0.2, 0) is 16.4 Å². The topological polar surface area (TPSA) is 57.7 Å². The molecule has 0 fully saturated rings. The highest BCUT2D eigenvalue weighted by atomic mass is 32.2. The average Bonchev–Trinajstić information content (AvgIpc) is 2.72. The minimum Gasteiger partial charge on any atom is -0.331 e. The molecule has 146 valence electrons. The minimum atomic E-state index is -3.76. The van der Waals surface area contributed by atoms with Gasteiger partial charge in [0.1, 0.15) is 0 Å². The first-order chi connectivity index (χ1) is 13.5. The second-order valence-corrected chi connectivity index (χ2v) is 8.49. The molecule has 2 aromatic rings. The molecule has 0 aliphatic carbocycles. The van der Waals surface area contributed by atoms with Gasteiger partial charge in [0, 0.05) is 25.2 Å². The largest absolute Gasteiger partial charge is 0.331 e. The van der Waals surface area contributed by atoms with Gasteiger partial charge in [-0.25, -0.2) is 8.42 Å². The number of benzene rings is 2. The average molecular weight is 397 g/mol. The van der Waals surface area contributed by atoms with Crippen molar-refractivity contribution in [3.8, 4) is 0 Å². The van der Waals surface area contributed by atoms with Crippen LogP contribution >= 0.6 is 0 Å². The molecule has 0 atom stereocenters. The molecule has 1 aliphatic rings. The van der Waals surface area contributed by atoms with Crippen LogP contribution in [0.1, 0.15) is 22.3 Å². The number of fused-ring (bicyclic) bond motifs is 1. The summed E-state index contributed by atoms with van der Waals surface area (Å²) in [5, 5.41) is 0. The van der Waals surface area contributed by atoms with Crippen LogP contribution in [0.2, 0.25) is 0 Å². The van der Waals surface area contributed by atoms with Crippen molar-refractivity contribution >= 4 is 21.6 Å². The third-order valence-corrected chi connectivity index (χ3v) is 6.53. The summed E-state index contributed by atoms with van der Waals surface area (Å²) in [4.78, 5) is 14.5. The lowest BCUT2D eigenvalue weighted by Crippen LogP contribution is -2.36. The van der Waals surface area contributed by atoms with Crippen molar-refractivity contribution in [1.29, 1.82) is 0 Å². The molecule has 0 unspecified atom stereocenters. The number of rotatable bonds is 7. The fourth-order valence-electron chi connectivity index (χ4n) is 3.40. The van der Waals surface area contributed by atoms with Crippen LogP contribution in [0.3, 0.4) is 0 Å². The van der Waals surface area contributed by atoms with Crippen LogP contribution in [0, 0.1) is 0 Å². The van der Waals surface area contributed by atoms with Gasteiger partial charge in [0.15, 0.2) is 0 Å². The first-order valence-corrected chi connectivity index (χ1v) is 10.6. The predicted molar refractivity (Wildman–Crippen MR) is 112 cm³/mol. The van der Waals surface area contributed by atoms with Gasteiger partial charge in [0.05, 0.1) is 10.6 Å². The van der Waals surface area contributed by atoms with Gasteiger partial charge >= 0.3 is 0 Å². The molecule has 1 aliphatic heterocycles. The maximum Gasteiger partial charge on any atom is 0.264 e. The zero-order valence-corrected chi connectivity index (χ0v) is 16.6. The molecule has 0 saturated carbocycles. The summed E-state index contributed by atoms with van der Waals surface area (Å²) in [5.41, 5.74) is 2.06. The summed E-state index contributed by atoms with van der Waals surface area (Å²) >= 11 is 0. The van der Waals surface area contributed by atoms with Gasteiger partial charge in [-0.3, -0.25) is 9.10 Å². The van der Waals surface area contributed by atoms with E-state index in [1.807, 2.05) is 24.3 Å². The summed E-state index contributed by atoms with van der Waals surface area (Å²) in [5.74, 6) is -0.254. The number of sulfonamides is 1. The molecule has 28 heavy (non-hydrogen) atoms. The first-order valence-electron chi connectivity index (χ1n) is 9.21. The molecule has 0 radical (unpaired) electrons. The number of hydrogen-bond donors (Lipinski definition) is 0. The molecule has 0 aromatic heterocycles. The lowest BCUT2D eigenvalue weighted by Gasteiger charge is -2.30. The van der Waals surface area contributed by atoms with E-state index in [1.165, 1.54) is 16.4 Å². The SMILES string of the molecule is C=CCN(CC=C)C(=O)c1cccc(S(=O)(=O)N2CCCc3ccccc32)c1. The molecule has 0 bridgehead atoms. The summed E-state index contributed by atoms with van der Waals surface area (Å²) in [6.45, 7) is 8.49. The van der Waals surface area contributed by atoms with Crippen molar-refractivity contribution in [3.05, 3.63) is 85.0 Å². The van der Waals surface area contributed by atoms with Crippen LogP contribution in [0.5, 0.6) is 0 Å². The van der Waals surface area contributed by atoms with Crippen molar-refractivity contribution in [1.82, 2.24) is 4.90 Å². The standard InChI is InChI=1S/C22H24N2O3S/c1-3-14-23(15-4-2)22(25)19-10-7-12-20(17-19)28(26,27)24-16-8-11-18-9-5-6-13-21(18)24/h3-7,9-10,12-13,17H,1-2,8,11,14-16H2. The number of para-hydroxylation sites is 1. The second-order valence-electron chi connectivity index (χ2n) is 6.62. The summed E-state index contributed by atoms with van der Waals surface area (Å²) < 4.78 is 28.1. The number of carbonyl (C=O) groups excluding carboxylic acids is 1. The van der Waals surface area contributed by atoms with Crippen molar-refractivity contribution in [2.45, 2.75) is 17.7 Å². The molecule has 3 rings (SSSR count). The highest BCUT2D eigenvalue weighted by molar-refractivity contribution is 7.92. The van der Waals surface area contributed by atoms with Crippen molar-refractivity contribution in [2.75, 3.05) is 23.9 Å². The van der Waals surface area contributed by atoms with Gasteiger partial charge in [0.2, 0.25) is 0 Å². The Kier molecular flexibility index (Phi) is 5.99. The molecule has 6 heteroatoms. The lowest BCUT2D eigenvalue weighted by molar-refractivity contribution is 0.0790. The van der Waals surface area contributed by atoms with Crippen LogP contribution in [0.4, 0.5) is 5.69 Å². The van der Waals surface area contributed by atoms with Crippen molar-refractivity contribution < 1.29 is 13.2 Å². The summed E-state index contributed by atoms with van der Waals surface area (Å²) in [6, 6.07) is 13.8. The Morgan fingerprint density at radius 1 is 1.07 bits per heavy atom. The number of anilines is 1. The molecule has 5 nitrogen and oxygen atoms in total. The number of carbonyl (C=O) groups is 1. The van der Waals surface area contributed by atoms with E-state index in [2.05, 4.69) is 13.2 Å². The normalized spacial score (nSPS) is 13.5. The Hall–Kier alpha value is -2.86. The molecule has 0 N–H and O–H groups in total. The van der Waals surface area contributed by atoms with E-state index in [4.69, 9.17) is 0 Å². The van der Waals surface area contributed by atoms with E-state index in [0.29, 0.717) is 30.9 Å². The first kappa shape index (κ1) is 19.9. The lowest BCUT2D eigenvalue weighted by atomic mass is 10.0. The van der Waals surface area contributed by atoms with Gasteiger partial charge < -0.3 is 4.90 Å². The summed E-state index contributed by atoms with van der Waals surface area (Å²) in [7, 11) is -3.76. The molecule has 1 heterocycles. The Morgan fingerprint density at radius 2 is 1.79 bits per heavy atom. The highest BCUT2D eigenvalue weighted by Gasteiger charge is 2.29. The van der Waals surface area contributed by atoms with Crippen molar-refractivity contribution in [2.24, 2.45) is 0 Å². The number of hydrogen-bond acceptors (Lipinski definition) is 3. The van der Waals surface area contributed by atoms with E-state index in [-0.39, 0.29) is 10.8 Å². The molecular formula is C22H24N2O3S. The third-order valence-electron chi connectivity index (χ3n) is 4.72. The van der Waals surface area contributed by atoms with Crippen LogP contribution < -0.4 is 4.31 Å². The van der Waals surface area contributed by atoms with Crippen molar-refractivity contribution in [3.63, 3.8) is 0 Å². The van der Waals surface area contributed by atoms with Crippen LogP contribution in [0.15, 0.2) is 78.7 Å². The Bertz CT molecular complexity index is 988. The van der Waals surface area contributed by atoms with E-state index in [1.54, 1.807) is 29.2 Å². The quantitative estimate of drug-likeness (QED) is 0.672. The smallest absolute Gasteiger partial charge is 0.264 e. The second kappa shape index (κ2) is 8.44. The maximum absolute atomic E-state index is 13.3. The van der Waals surface area contributed by atoms with E-state index < -0.39 is 10.0 Å². The monoisotopic (exact) mass is 396 g/mol. The Balaban J connectivity index is 1.96. The van der Waals surface area contributed by atoms with Crippen LogP contribution in [0.25, 0.3) is 0 Å². The van der Waals surface area contributed by atoms with E-state index in [9.17, 15) is 13.2 Å². The summed E-state index contributed by atoms with van der Waals surface area (Å²) in [6.07, 6.45) is 4.89. The van der Waals surface area contributed by atoms with Gasteiger partial charge in [-0.2, -0.15) is 0 Å². The zero-order chi connectivity index (χ0) is 20.1. The molecular weight excluding hydrogens is 372 g/mol. The third kappa shape index (κ3) is 3.87. The van der Waals surface area contributed by atoms with Gasteiger partial charge in [-0.05, 0) is 42.7 Å². The van der Waals surface area contributed by atoms with E-state index >= 15 is 0 Å². The van der Waals surface area contributed by atoms with Crippen LogP contribution in [-0.4, -0.2) is 38.9 Å². The molecule has 0 saturated heterocycles. The highest BCUT2D eigenvalue weighted by Crippen LogP contribution is 2.32.